The number of nitrogens with zero attached hydrogens (tertiary/aromatic N) is 3. The van der Waals surface area contributed by atoms with Gasteiger partial charge in [0.05, 0.1) is 23.4 Å². The van der Waals surface area contributed by atoms with Gasteiger partial charge in [-0.1, -0.05) is 41.9 Å². The van der Waals surface area contributed by atoms with Crippen LogP contribution in [0.3, 0.4) is 0 Å². The molecule has 0 unspecified atom stereocenters. The summed E-state index contributed by atoms with van der Waals surface area (Å²) >= 11 is 6.47. The number of imide groups is 1. The maximum Gasteiger partial charge on any atom is 0.261 e. The van der Waals surface area contributed by atoms with Gasteiger partial charge in [0, 0.05) is 24.4 Å². The first-order chi connectivity index (χ1) is 14.8. The lowest BCUT2D eigenvalue weighted by atomic mass is 10.1. The topological polar surface area (TPSA) is 84.3 Å². The molecule has 0 radical (unpaired) electrons. The van der Waals surface area contributed by atoms with Gasteiger partial charge >= 0.3 is 0 Å². The van der Waals surface area contributed by atoms with E-state index in [1.54, 1.807) is 16.8 Å². The van der Waals surface area contributed by atoms with Crippen molar-refractivity contribution in [2.24, 2.45) is 0 Å². The molecule has 1 aliphatic heterocycles. The van der Waals surface area contributed by atoms with Crippen molar-refractivity contribution < 1.29 is 14.4 Å². The maximum atomic E-state index is 12.4. The molecule has 3 amide bonds. The molecular formula is C23H19ClN4O3. The molecule has 0 fully saturated rings. The quantitative estimate of drug-likeness (QED) is 0.489. The summed E-state index contributed by atoms with van der Waals surface area (Å²) in [5.74, 6) is -1.13. The van der Waals surface area contributed by atoms with Gasteiger partial charge in [-0.3, -0.25) is 19.3 Å². The average Bonchev–Trinajstić information content (AvgIpc) is 3.14. The number of halogens is 1. The Kier molecular flexibility index (Phi) is 5.44. The van der Waals surface area contributed by atoms with Gasteiger partial charge in [-0.05, 0) is 36.8 Å². The highest BCUT2D eigenvalue weighted by Gasteiger charge is 2.32. The van der Waals surface area contributed by atoms with Crippen LogP contribution in [0.25, 0.3) is 6.08 Å². The maximum absolute atomic E-state index is 12.4. The lowest BCUT2D eigenvalue weighted by molar-refractivity contribution is -0.111. The molecule has 1 aromatic heterocycles. The standard InChI is InChI=1S/C23H19ClN4O3/c1-14-17(21(24)28(26-14)13-15-6-4-3-5-7-15)10-11-20(29)25-16-8-9-18-19(12-16)23(31)27(2)22(18)30/h3-12H,13H2,1-2H3,(H,25,29)/b11-10+. The number of hydrogen-bond donors (Lipinski definition) is 1. The molecule has 0 saturated carbocycles. The van der Waals surface area contributed by atoms with E-state index in [1.165, 1.54) is 25.3 Å². The van der Waals surface area contributed by atoms with Crippen LogP contribution in [-0.2, 0) is 11.3 Å². The Hall–Kier alpha value is -3.71. The third kappa shape index (κ3) is 4.00. The van der Waals surface area contributed by atoms with E-state index in [2.05, 4.69) is 10.4 Å². The van der Waals surface area contributed by atoms with Gasteiger partial charge < -0.3 is 5.32 Å². The Morgan fingerprint density at radius 1 is 1.10 bits per heavy atom. The Balaban J connectivity index is 1.48. The molecule has 4 rings (SSSR count). The minimum atomic E-state index is -0.392. The van der Waals surface area contributed by atoms with Crippen molar-refractivity contribution in [3.8, 4) is 0 Å². The molecule has 156 valence electrons. The van der Waals surface area contributed by atoms with Crippen LogP contribution >= 0.6 is 11.6 Å². The fourth-order valence-electron chi connectivity index (χ4n) is 3.40. The molecule has 8 heteroatoms. The number of carbonyl (C=O) groups excluding carboxylic acids is 3. The van der Waals surface area contributed by atoms with E-state index in [0.29, 0.717) is 34.2 Å². The van der Waals surface area contributed by atoms with Gasteiger partial charge in [0.1, 0.15) is 5.15 Å². The molecule has 0 bridgehead atoms. The van der Waals surface area contributed by atoms with Crippen molar-refractivity contribution in [3.05, 3.63) is 87.7 Å². The number of amides is 3. The van der Waals surface area contributed by atoms with E-state index in [4.69, 9.17) is 11.6 Å². The van der Waals surface area contributed by atoms with E-state index in [-0.39, 0.29) is 17.4 Å². The highest BCUT2D eigenvalue weighted by molar-refractivity contribution is 6.31. The lowest BCUT2D eigenvalue weighted by Crippen LogP contribution is -2.24. The summed E-state index contributed by atoms with van der Waals surface area (Å²) in [5.41, 5.74) is 3.45. The van der Waals surface area contributed by atoms with Crippen molar-refractivity contribution in [2.45, 2.75) is 13.5 Å². The first-order valence-corrected chi connectivity index (χ1v) is 9.95. The summed E-state index contributed by atoms with van der Waals surface area (Å²) in [6, 6.07) is 14.4. The molecular weight excluding hydrogens is 416 g/mol. The zero-order chi connectivity index (χ0) is 22.1. The van der Waals surface area contributed by atoms with Crippen LogP contribution < -0.4 is 5.32 Å². The number of aryl methyl sites for hydroxylation is 1. The number of aromatic nitrogens is 2. The predicted molar refractivity (Wildman–Crippen MR) is 118 cm³/mol. The van der Waals surface area contributed by atoms with E-state index in [1.807, 2.05) is 37.3 Å². The van der Waals surface area contributed by atoms with Crippen LogP contribution in [-0.4, -0.2) is 39.4 Å². The number of rotatable bonds is 5. The van der Waals surface area contributed by atoms with Crippen molar-refractivity contribution >= 4 is 41.1 Å². The monoisotopic (exact) mass is 434 g/mol. The molecule has 2 heterocycles. The fourth-order valence-corrected chi connectivity index (χ4v) is 3.70. The molecule has 1 aliphatic rings. The van der Waals surface area contributed by atoms with E-state index in [0.717, 1.165) is 10.5 Å². The highest BCUT2D eigenvalue weighted by atomic mass is 35.5. The van der Waals surface area contributed by atoms with Crippen LogP contribution in [0, 0.1) is 6.92 Å². The van der Waals surface area contributed by atoms with Gasteiger partial charge in [0.2, 0.25) is 5.91 Å². The second-order valence-corrected chi connectivity index (χ2v) is 7.54. The van der Waals surface area contributed by atoms with Crippen molar-refractivity contribution in [1.29, 1.82) is 0 Å². The van der Waals surface area contributed by atoms with Crippen molar-refractivity contribution in [1.82, 2.24) is 14.7 Å². The normalized spacial score (nSPS) is 13.2. The smallest absolute Gasteiger partial charge is 0.261 e. The van der Waals surface area contributed by atoms with Gasteiger partial charge in [0.15, 0.2) is 0 Å². The molecule has 0 aliphatic carbocycles. The average molecular weight is 435 g/mol. The molecule has 0 saturated heterocycles. The summed E-state index contributed by atoms with van der Waals surface area (Å²) in [6.07, 6.45) is 2.96. The number of carbonyl (C=O) groups is 3. The largest absolute Gasteiger partial charge is 0.322 e. The number of fused-ring (bicyclic) bond motifs is 1. The van der Waals surface area contributed by atoms with E-state index in [9.17, 15) is 14.4 Å². The number of nitrogens with one attached hydrogen (secondary N) is 1. The second kappa shape index (κ2) is 8.20. The summed E-state index contributed by atoms with van der Waals surface area (Å²) in [6.45, 7) is 2.35. The van der Waals surface area contributed by atoms with Crippen molar-refractivity contribution in [2.75, 3.05) is 12.4 Å². The zero-order valence-electron chi connectivity index (χ0n) is 16.9. The predicted octanol–water partition coefficient (Wildman–Crippen LogP) is 3.77. The molecule has 0 spiro atoms. The van der Waals surface area contributed by atoms with Crippen LogP contribution in [0.15, 0.2) is 54.6 Å². The highest BCUT2D eigenvalue weighted by Crippen LogP contribution is 2.25. The number of anilines is 1. The lowest BCUT2D eigenvalue weighted by Gasteiger charge is -2.04. The molecule has 0 atom stereocenters. The number of hydrogen-bond acceptors (Lipinski definition) is 4. The summed E-state index contributed by atoms with van der Waals surface area (Å²) in [7, 11) is 1.43. The fraction of sp³-hybridized carbons (Fsp3) is 0.130. The number of benzene rings is 2. The van der Waals surface area contributed by atoms with Crippen LogP contribution in [0.5, 0.6) is 0 Å². The van der Waals surface area contributed by atoms with E-state index < -0.39 is 5.91 Å². The van der Waals surface area contributed by atoms with E-state index >= 15 is 0 Å². The van der Waals surface area contributed by atoms with Gasteiger partial charge in [-0.2, -0.15) is 5.10 Å². The van der Waals surface area contributed by atoms with Gasteiger partial charge in [0.25, 0.3) is 11.8 Å². The van der Waals surface area contributed by atoms with Crippen LogP contribution in [0.4, 0.5) is 5.69 Å². The van der Waals surface area contributed by atoms with Gasteiger partial charge in [-0.15, -0.1) is 0 Å². The molecule has 7 nitrogen and oxygen atoms in total. The van der Waals surface area contributed by atoms with Crippen LogP contribution in [0.2, 0.25) is 5.15 Å². The Morgan fingerprint density at radius 2 is 1.81 bits per heavy atom. The summed E-state index contributed by atoms with van der Waals surface area (Å²) in [5, 5.41) is 7.60. The molecule has 1 N–H and O–H groups in total. The minimum Gasteiger partial charge on any atom is -0.322 e. The molecule has 2 aromatic carbocycles. The van der Waals surface area contributed by atoms with Gasteiger partial charge in [-0.25, -0.2) is 4.68 Å². The summed E-state index contributed by atoms with van der Waals surface area (Å²) in [4.78, 5) is 37.5. The third-order valence-corrected chi connectivity index (χ3v) is 5.44. The molecule has 31 heavy (non-hydrogen) atoms. The Morgan fingerprint density at radius 3 is 2.55 bits per heavy atom. The first kappa shape index (κ1) is 20.6. The Labute approximate surface area is 183 Å². The second-order valence-electron chi connectivity index (χ2n) is 7.19. The summed E-state index contributed by atoms with van der Waals surface area (Å²) < 4.78 is 1.68. The SMILES string of the molecule is Cc1nn(Cc2ccccc2)c(Cl)c1/C=C/C(=O)Nc1ccc2c(c1)C(=O)N(C)C2=O. The van der Waals surface area contributed by atoms with Crippen LogP contribution in [0.1, 0.15) is 37.5 Å². The van der Waals surface area contributed by atoms with Crippen molar-refractivity contribution in [3.63, 3.8) is 0 Å². The zero-order valence-corrected chi connectivity index (χ0v) is 17.7. The Bertz CT molecular complexity index is 1230. The minimum absolute atomic E-state index is 0.273. The first-order valence-electron chi connectivity index (χ1n) is 9.57. The third-order valence-electron chi connectivity index (χ3n) is 5.04. The molecule has 3 aromatic rings.